The van der Waals surface area contributed by atoms with Crippen LogP contribution in [0.1, 0.15) is 40.7 Å². The number of aromatic carboxylic acids is 1. The van der Waals surface area contributed by atoms with Gasteiger partial charge in [0.15, 0.2) is 17.2 Å². The van der Waals surface area contributed by atoms with Gasteiger partial charge in [-0.15, -0.1) is 0 Å². The van der Waals surface area contributed by atoms with E-state index < -0.39 is 5.97 Å². The fraction of sp³-hybridized carbons (Fsp3) is 0.474. The lowest BCUT2D eigenvalue weighted by Crippen LogP contribution is -2.34. The van der Waals surface area contributed by atoms with Crippen molar-refractivity contribution in [2.45, 2.75) is 45.3 Å². The first-order valence-electron chi connectivity index (χ1n) is 8.83. The molecule has 2 N–H and O–H groups in total. The molecule has 7 nitrogen and oxygen atoms in total. The second kappa shape index (κ2) is 7.78. The van der Waals surface area contributed by atoms with E-state index in [0.717, 1.165) is 29.7 Å². The van der Waals surface area contributed by atoms with E-state index in [0.29, 0.717) is 31.0 Å². The van der Waals surface area contributed by atoms with Crippen LogP contribution < -0.4 is 14.8 Å². The maximum absolute atomic E-state index is 11.5. The highest BCUT2D eigenvalue weighted by atomic mass is 16.5. The number of carbonyl (C=O) groups is 1. The van der Waals surface area contributed by atoms with Gasteiger partial charge in [-0.1, -0.05) is 6.07 Å². The minimum absolute atomic E-state index is 0.194. The normalized spacial score (nSPS) is 16.2. The Labute approximate surface area is 152 Å². The Balaban J connectivity index is 1.70. The van der Waals surface area contributed by atoms with Crippen LogP contribution in [0.4, 0.5) is 0 Å². The summed E-state index contributed by atoms with van der Waals surface area (Å²) < 4.78 is 12.4. The molecule has 0 fully saturated rings. The smallest absolute Gasteiger partial charge is 0.356 e. The molecule has 0 aliphatic heterocycles. The molecule has 2 aromatic rings. The molecule has 1 atom stereocenters. The number of methoxy groups -OCH3 is 2. The summed E-state index contributed by atoms with van der Waals surface area (Å²) in [6.45, 7) is 3.37. The molecule has 26 heavy (non-hydrogen) atoms. The predicted molar refractivity (Wildman–Crippen MR) is 97.1 cm³/mol. The summed E-state index contributed by atoms with van der Waals surface area (Å²) in [5.41, 5.74) is 3.22. The molecular weight excluding hydrogens is 334 g/mol. The van der Waals surface area contributed by atoms with Crippen LogP contribution >= 0.6 is 0 Å². The van der Waals surface area contributed by atoms with E-state index in [4.69, 9.17) is 9.47 Å². The van der Waals surface area contributed by atoms with Gasteiger partial charge in [0.05, 0.1) is 14.2 Å². The molecule has 140 valence electrons. The van der Waals surface area contributed by atoms with Gasteiger partial charge in [0.25, 0.3) is 0 Å². The van der Waals surface area contributed by atoms with Gasteiger partial charge in [-0.2, -0.15) is 5.10 Å². The van der Waals surface area contributed by atoms with Gasteiger partial charge < -0.3 is 19.9 Å². The van der Waals surface area contributed by atoms with Crippen LogP contribution in [0.2, 0.25) is 0 Å². The fourth-order valence-corrected chi connectivity index (χ4v) is 3.55. The van der Waals surface area contributed by atoms with E-state index in [2.05, 4.69) is 10.4 Å². The number of carboxylic acid groups (broad SMARTS) is 1. The number of hydrogen-bond acceptors (Lipinski definition) is 5. The Morgan fingerprint density at radius 2 is 2.12 bits per heavy atom. The summed E-state index contributed by atoms with van der Waals surface area (Å²) in [5, 5.41) is 17.2. The summed E-state index contributed by atoms with van der Waals surface area (Å²) in [4.78, 5) is 11.5. The minimum atomic E-state index is -0.950. The van der Waals surface area contributed by atoms with Crippen molar-refractivity contribution in [3.63, 3.8) is 0 Å². The number of nitrogens with zero attached hydrogens (tertiary/aromatic N) is 2. The second-order valence-electron chi connectivity index (χ2n) is 6.40. The van der Waals surface area contributed by atoms with E-state index in [1.807, 2.05) is 29.8 Å². The highest BCUT2D eigenvalue weighted by Gasteiger charge is 2.28. The maximum Gasteiger partial charge on any atom is 0.356 e. The number of fused-ring (bicyclic) bond motifs is 1. The Morgan fingerprint density at radius 3 is 2.77 bits per heavy atom. The quantitative estimate of drug-likeness (QED) is 0.789. The van der Waals surface area contributed by atoms with E-state index in [1.54, 1.807) is 14.2 Å². The van der Waals surface area contributed by atoms with E-state index in [1.165, 1.54) is 0 Å². The second-order valence-corrected chi connectivity index (χ2v) is 6.40. The maximum atomic E-state index is 11.5. The SMILES string of the molecule is CCn1nc(C(=O)O)c2c1CCC(NCc1ccc(OC)c(OC)c1)C2. The summed E-state index contributed by atoms with van der Waals surface area (Å²) in [6, 6.07) is 6.07. The molecule has 3 rings (SSSR count). The summed E-state index contributed by atoms with van der Waals surface area (Å²) >= 11 is 0. The summed E-state index contributed by atoms with van der Waals surface area (Å²) in [5.74, 6) is 0.459. The highest BCUT2D eigenvalue weighted by Crippen LogP contribution is 2.28. The molecule has 1 heterocycles. The first-order valence-corrected chi connectivity index (χ1v) is 8.83. The first-order chi connectivity index (χ1) is 12.6. The average molecular weight is 359 g/mol. The lowest BCUT2D eigenvalue weighted by atomic mass is 9.91. The predicted octanol–water partition coefficient (Wildman–Crippen LogP) is 2.27. The van der Waals surface area contributed by atoms with Crippen molar-refractivity contribution in [3.05, 3.63) is 40.7 Å². The van der Waals surface area contributed by atoms with Gasteiger partial charge in [-0.05, 0) is 43.9 Å². The van der Waals surface area contributed by atoms with Crippen LogP contribution in [-0.2, 0) is 25.9 Å². The van der Waals surface area contributed by atoms with Crippen LogP contribution in [0.3, 0.4) is 0 Å². The third-order valence-corrected chi connectivity index (χ3v) is 4.89. The van der Waals surface area contributed by atoms with Crippen LogP contribution in [0.25, 0.3) is 0 Å². The van der Waals surface area contributed by atoms with Gasteiger partial charge >= 0.3 is 5.97 Å². The first kappa shape index (κ1) is 18.3. The van der Waals surface area contributed by atoms with Crippen LogP contribution in [-0.4, -0.2) is 41.1 Å². The Morgan fingerprint density at radius 1 is 1.35 bits per heavy atom. The molecular formula is C19H25N3O4. The topological polar surface area (TPSA) is 85.6 Å². The van der Waals surface area contributed by atoms with Gasteiger partial charge in [-0.25, -0.2) is 4.79 Å². The third-order valence-electron chi connectivity index (χ3n) is 4.89. The lowest BCUT2D eigenvalue weighted by molar-refractivity contribution is 0.0688. The van der Waals surface area contributed by atoms with Crippen molar-refractivity contribution < 1.29 is 19.4 Å². The highest BCUT2D eigenvalue weighted by molar-refractivity contribution is 5.87. The zero-order chi connectivity index (χ0) is 18.7. The molecule has 7 heteroatoms. The lowest BCUT2D eigenvalue weighted by Gasteiger charge is -2.24. The number of aromatic nitrogens is 2. The van der Waals surface area contributed by atoms with Gasteiger partial charge in [0, 0.05) is 30.4 Å². The molecule has 1 aliphatic carbocycles. The Hall–Kier alpha value is -2.54. The van der Waals surface area contributed by atoms with Gasteiger partial charge in [0.1, 0.15) is 0 Å². The molecule has 0 bridgehead atoms. The molecule has 1 aliphatic rings. The van der Waals surface area contributed by atoms with Crippen LogP contribution in [0.15, 0.2) is 18.2 Å². The molecule has 0 amide bonds. The van der Waals surface area contributed by atoms with Crippen molar-refractivity contribution in [1.29, 1.82) is 0 Å². The largest absolute Gasteiger partial charge is 0.493 e. The number of ether oxygens (including phenoxy) is 2. The van der Waals surface area contributed by atoms with Crippen molar-refractivity contribution in [2.75, 3.05) is 14.2 Å². The number of carboxylic acids is 1. The number of hydrogen-bond donors (Lipinski definition) is 2. The van der Waals surface area contributed by atoms with Crippen molar-refractivity contribution in [2.24, 2.45) is 0 Å². The third kappa shape index (κ3) is 3.53. The van der Waals surface area contributed by atoms with Crippen LogP contribution in [0, 0.1) is 0 Å². The Bertz CT molecular complexity index is 800. The van der Waals surface area contributed by atoms with E-state index in [-0.39, 0.29) is 11.7 Å². The van der Waals surface area contributed by atoms with Crippen LogP contribution in [0.5, 0.6) is 11.5 Å². The van der Waals surface area contributed by atoms with Gasteiger partial charge in [-0.3, -0.25) is 4.68 Å². The zero-order valence-corrected chi connectivity index (χ0v) is 15.4. The number of benzene rings is 1. The standard InChI is InChI=1S/C19H25N3O4/c1-4-22-15-7-6-13(10-14(15)18(21-22)19(23)24)20-11-12-5-8-16(25-2)17(9-12)26-3/h5,8-9,13,20H,4,6-7,10-11H2,1-3H3,(H,23,24). The average Bonchev–Trinajstić information content (AvgIpc) is 3.04. The molecule has 0 spiro atoms. The monoisotopic (exact) mass is 359 g/mol. The van der Waals surface area contributed by atoms with E-state index in [9.17, 15) is 9.90 Å². The molecule has 1 aromatic carbocycles. The van der Waals surface area contributed by atoms with Crippen molar-refractivity contribution in [1.82, 2.24) is 15.1 Å². The zero-order valence-electron chi connectivity index (χ0n) is 15.4. The summed E-state index contributed by atoms with van der Waals surface area (Å²) in [7, 11) is 3.24. The number of nitrogens with one attached hydrogen (secondary N) is 1. The summed E-state index contributed by atoms with van der Waals surface area (Å²) in [6.07, 6.45) is 2.49. The van der Waals surface area contributed by atoms with Gasteiger partial charge in [0.2, 0.25) is 0 Å². The molecule has 1 unspecified atom stereocenters. The Kier molecular flexibility index (Phi) is 5.46. The molecule has 0 radical (unpaired) electrons. The molecule has 0 saturated carbocycles. The molecule has 1 aromatic heterocycles. The number of rotatable bonds is 7. The fourth-order valence-electron chi connectivity index (χ4n) is 3.55. The van der Waals surface area contributed by atoms with Crippen molar-refractivity contribution in [3.8, 4) is 11.5 Å². The minimum Gasteiger partial charge on any atom is -0.493 e. The van der Waals surface area contributed by atoms with E-state index >= 15 is 0 Å². The number of aryl methyl sites for hydroxylation is 1. The van der Waals surface area contributed by atoms with Crippen molar-refractivity contribution >= 4 is 5.97 Å². The molecule has 0 saturated heterocycles.